The lowest BCUT2D eigenvalue weighted by molar-refractivity contribution is -0.143. The Morgan fingerprint density at radius 2 is 1.87 bits per heavy atom. The Balaban J connectivity index is 3.46. The van der Waals surface area contributed by atoms with Crippen molar-refractivity contribution in [1.29, 1.82) is 0 Å². The van der Waals surface area contributed by atoms with Crippen LogP contribution in [0, 0.1) is 0 Å². The van der Waals surface area contributed by atoms with E-state index in [4.69, 9.17) is 9.47 Å². The van der Waals surface area contributed by atoms with Gasteiger partial charge in [0.05, 0.1) is 6.61 Å². The van der Waals surface area contributed by atoms with Crippen LogP contribution in [-0.4, -0.2) is 31.0 Å². The molecule has 3 heteroatoms. The molecule has 0 aliphatic heterocycles. The maximum Gasteiger partial charge on any atom is 0.157 e. The molecule has 0 aromatic heterocycles. The molecule has 0 aliphatic rings. The summed E-state index contributed by atoms with van der Waals surface area (Å²) in [7, 11) is 0. The number of hydrogen-bond donors (Lipinski definition) is 0. The predicted molar refractivity (Wildman–Crippen MR) is 68.5 cm³/mol. The van der Waals surface area contributed by atoms with Crippen molar-refractivity contribution < 1.29 is 9.47 Å². The molecular weight excluding hydrogens is 208 g/mol. The largest absolute Gasteiger partial charge is 0.353 e. The van der Waals surface area contributed by atoms with Gasteiger partial charge in [-0.3, -0.25) is 0 Å². The molecule has 0 rings (SSSR count). The van der Waals surface area contributed by atoms with Gasteiger partial charge in [-0.15, -0.1) is 0 Å². The van der Waals surface area contributed by atoms with Crippen molar-refractivity contribution in [2.75, 3.05) is 19.5 Å². The molecule has 0 radical (unpaired) electrons. The minimum atomic E-state index is -0.00328. The quantitative estimate of drug-likeness (QED) is 0.424. The Labute approximate surface area is 99.1 Å². The molecular formula is C12H26O2S. The summed E-state index contributed by atoms with van der Waals surface area (Å²) in [6.07, 6.45) is 6.68. The second kappa shape index (κ2) is 10.8. The van der Waals surface area contributed by atoms with E-state index in [0.29, 0.717) is 5.25 Å². The fourth-order valence-electron chi connectivity index (χ4n) is 1.16. The predicted octanol–water partition coefficient (Wildman–Crippen LogP) is 3.70. The van der Waals surface area contributed by atoms with Gasteiger partial charge in [-0.2, -0.15) is 11.8 Å². The number of unbranched alkanes of at least 4 members (excludes halogenated alkanes) is 2. The van der Waals surface area contributed by atoms with Crippen LogP contribution in [0.25, 0.3) is 0 Å². The summed E-state index contributed by atoms with van der Waals surface area (Å²) < 4.78 is 11.3. The van der Waals surface area contributed by atoms with E-state index in [2.05, 4.69) is 27.0 Å². The van der Waals surface area contributed by atoms with Gasteiger partial charge < -0.3 is 9.47 Å². The second-order valence-corrected chi connectivity index (χ2v) is 5.07. The van der Waals surface area contributed by atoms with E-state index >= 15 is 0 Å². The van der Waals surface area contributed by atoms with Crippen molar-refractivity contribution >= 4 is 11.8 Å². The Hall–Kier alpha value is 0.270. The summed E-state index contributed by atoms with van der Waals surface area (Å²) in [4.78, 5) is 0. The van der Waals surface area contributed by atoms with E-state index in [1.165, 1.54) is 12.8 Å². The summed E-state index contributed by atoms with van der Waals surface area (Å²) in [5.74, 6) is 0. The van der Waals surface area contributed by atoms with Crippen molar-refractivity contribution in [3.05, 3.63) is 0 Å². The Morgan fingerprint density at radius 3 is 2.40 bits per heavy atom. The van der Waals surface area contributed by atoms with Crippen molar-refractivity contribution in [2.45, 2.75) is 58.0 Å². The van der Waals surface area contributed by atoms with Crippen LogP contribution in [0.2, 0.25) is 0 Å². The Kier molecular flexibility index (Phi) is 11.0. The second-order valence-electron chi connectivity index (χ2n) is 3.80. The molecule has 2 atom stereocenters. The highest BCUT2D eigenvalue weighted by atomic mass is 32.2. The highest BCUT2D eigenvalue weighted by molar-refractivity contribution is 7.99. The fraction of sp³-hybridized carbons (Fsp3) is 1.00. The maximum atomic E-state index is 5.68. The molecule has 2 nitrogen and oxygen atoms in total. The Bertz CT molecular complexity index is 131. The molecule has 0 saturated carbocycles. The van der Waals surface area contributed by atoms with Crippen LogP contribution in [-0.2, 0) is 9.47 Å². The molecule has 0 aromatic carbocycles. The van der Waals surface area contributed by atoms with E-state index in [0.717, 1.165) is 26.1 Å². The summed E-state index contributed by atoms with van der Waals surface area (Å²) in [5.41, 5.74) is 0. The first-order chi connectivity index (χ1) is 7.24. The van der Waals surface area contributed by atoms with Crippen molar-refractivity contribution in [1.82, 2.24) is 0 Å². The molecule has 92 valence electrons. The van der Waals surface area contributed by atoms with Gasteiger partial charge in [0, 0.05) is 11.9 Å². The van der Waals surface area contributed by atoms with E-state index in [-0.39, 0.29) is 6.29 Å². The third kappa shape index (κ3) is 9.21. The first-order valence-corrected chi connectivity index (χ1v) is 7.29. The third-order valence-corrected chi connectivity index (χ3v) is 3.24. The molecule has 2 unspecified atom stereocenters. The van der Waals surface area contributed by atoms with Crippen molar-refractivity contribution in [3.8, 4) is 0 Å². The number of rotatable bonds is 10. The first-order valence-electron chi connectivity index (χ1n) is 6.00. The number of ether oxygens (including phenoxy) is 2. The molecule has 0 aromatic rings. The van der Waals surface area contributed by atoms with Crippen LogP contribution < -0.4 is 0 Å². The topological polar surface area (TPSA) is 18.5 Å². The van der Waals surface area contributed by atoms with Crippen LogP contribution in [0.15, 0.2) is 0 Å². The van der Waals surface area contributed by atoms with Gasteiger partial charge in [0.15, 0.2) is 6.29 Å². The molecule has 0 saturated heterocycles. The zero-order valence-corrected chi connectivity index (χ0v) is 11.4. The highest BCUT2D eigenvalue weighted by Gasteiger charge is 2.08. The van der Waals surface area contributed by atoms with Gasteiger partial charge in [-0.05, 0) is 19.1 Å². The highest BCUT2D eigenvalue weighted by Crippen LogP contribution is 2.09. The molecule has 15 heavy (non-hydrogen) atoms. The van der Waals surface area contributed by atoms with Gasteiger partial charge in [-0.25, -0.2) is 0 Å². The normalized spacial score (nSPS) is 15.2. The lowest BCUT2D eigenvalue weighted by atomic mass is 10.3. The molecule has 0 bridgehead atoms. The van der Waals surface area contributed by atoms with Crippen molar-refractivity contribution in [3.63, 3.8) is 0 Å². The molecule has 0 N–H and O–H groups in total. The molecule has 0 aliphatic carbocycles. The Morgan fingerprint density at radius 1 is 1.13 bits per heavy atom. The van der Waals surface area contributed by atoms with Gasteiger partial charge >= 0.3 is 0 Å². The maximum absolute atomic E-state index is 5.68. The summed E-state index contributed by atoms with van der Waals surface area (Å²) in [6.45, 7) is 8.10. The fourth-order valence-corrected chi connectivity index (χ4v) is 1.38. The zero-order valence-electron chi connectivity index (χ0n) is 10.6. The average molecular weight is 234 g/mol. The zero-order chi connectivity index (χ0) is 11.5. The minimum Gasteiger partial charge on any atom is -0.353 e. The summed E-state index contributed by atoms with van der Waals surface area (Å²) in [6, 6.07) is 0. The molecule has 0 fully saturated rings. The lowest BCUT2D eigenvalue weighted by Gasteiger charge is -2.18. The summed E-state index contributed by atoms with van der Waals surface area (Å²) >= 11 is 1.83. The van der Waals surface area contributed by atoms with Gasteiger partial charge in [0.2, 0.25) is 0 Å². The summed E-state index contributed by atoms with van der Waals surface area (Å²) in [5, 5.41) is 0.554. The SMILES string of the molecule is CCCCCOC(CC)OCC(C)SC. The smallest absolute Gasteiger partial charge is 0.157 e. The van der Waals surface area contributed by atoms with Crippen molar-refractivity contribution in [2.24, 2.45) is 0 Å². The van der Waals surface area contributed by atoms with E-state index < -0.39 is 0 Å². The first kappa shape index (κ1) is 15.3. The monoisotopic (exact) mass is 234 g/mol. The molecule has 0 amide bonds. The molecule has 0 spiro atoms. The standard InChI is InChI=1S/C12H26O2S/c1-5-7-8-9-13-12(6-2)14-10-11(3)15-4/h11-12H,5-10H2,1-4H3. The van der Waals surface area contributed by atoms with Crippen LogP contribution in [0.3, 0.4) is 0 Å². The van der Waals surface area contributed by atoms with Crippen LogP contribution in [0.4, 0.5) is 0 Å². The average Bonchev–Trinajstić information content (AvgIpc) is 2.27. The van der Waals surface area contributed by atoms with E-state index in [9.17, 15) is 0 Å². The lowest BCUT2D eigenvalue weighted by Crippen LogP contribution is -2.21. The van der Waals surface area contributed by atoms with E-state index in [1.54, 1.807) is 0 Å². The van der Waals surface area contributed by atoms with Crippen LogP contribution in [0.5, 0.6) is 0 Å². The van der Waals surface area contributed by atoms with E-state index in [1.807, 2.05) is 11.8 Å². The van der Waals surface area contributed by atoms with Gasteiger partial charge in [-0.1, -0.05) is 33.6 Å². The number of thioether (sulfide) groups is 1. The number of hydrogen-bond acceptors (Lipinski definition) is 3. The van der Waals surface area contributed by atoms with Crippen LogP contribution in [0.1, 0.15) is 46.5 Å². The van der Waals surface area contributed by atoms with Gasteiger partial charge in [0.25, 0.3) is 0 Å². The third-order valence-electron chi connectivity index (χ3n) is 2.30. The van der Waals surface area contributed by atoms with Gasteiger partial charge in [0.1, 0.15) is 0 Å². The van der Waals surface area contributed by atoms with Crippen LogP contribution >= 0.6 is 11.8 Å². The molecule has 0 heterocycles. The minimum absolute atomic E-state index is 0.00328.